The first-order chi connectivity index (χ1) is 29.5. The predicted molar refractivity (Wildman–Crippen MR) is 221 cm³/mol. The SMILES string of the molecule is C=CC(=O)OCCCCCCOC(=O)C1CCC(C(=O)Oc2ccc(OC(=O)C3CCC(C(=O)OCCCCCCOC(=O)C=C)CC3)c(OCCCOC(=O)C=C)c2)CC1. The molecule has 0 aliphatic heterocycles. The molecule has 15 heteroatoms. The van der Waals surface area contributed by atoms with Crippen LogP contribution in [0.15, 0.2) is 56.2 Å². The summed E-state index contributed by atoms with van der Waals surface area (Å²) < 4.78 is 43.3. The van der Waals surface area contributed by atoms with Gasteiger partial charge in [-0.05, 0) is 115 Å². The summed E-state index contributed by atoms with van der Waals surface area (Å²) in [7, 11) is 0. The third kappa shape index (κ3) is 19.6. The van der Waals surface area contributed by atoms with Crippen molar-refractivity contribution in [2.75, 3.05) is 39.6 Å². The second-order valence-electron chi connectivity index (χ2n) is 15.0. The van der Waals surface area contributed by atoms with Gasteiger partial charge in [-0.2, -0.15) is 0 Å². The van der Waals surface area contributed by atoms with Crippen molar-refractivity contribution in [3.63, 3.8) is 0 Å². The van der Waals surface area contributed by atoms with Gasteiger partial charge in [0, 0.05) is 30.7 Å². The Labute approximate surface area is 358 Å². The Morgan fingerprint density at radius 3 is 1.20 bits per heavy atom. The molecule has 0 amide bonds. The minimum Gasteiger partial charge on any atom is -0.489 e. The zero-order valence-corrected chi connectivity index (χ0v) is 35.3. The molecule has 61 heavy (non-hydrogen) atoms. The molecule has 3 rings (SSSR count). The standard InChI is InChI=1S/C46H62O15/c1-4-40(47)55-26-11-7-9-13-28-58-43(50)33-16-20-35(21-17-33)45(52)60-37-24-25-38(39(32-37)54-30-15-31-57-42(49)6-3)61-46(53)36-22-18-34(19-23-36)44(51)59-29-14-10-8-12-27-56-41(48)5-2/h4-6,24-25,32-36H,1-3,7-23,26-31H2. The molecule has 2 fully saturated rings. The summed E-state index contributed by atoms with van der Waals surface area (Å²) in [4.78, 5) is 85.5. The second-order valence-corrected chi connectivity index (χ2v) is 15.0. The molecule has 0 N–H and O–H groups in total. The Balaban J connectivity index is 1.44. The summed E-state index contributed by atoms with van der Waals surface area (Å²) in [5.41, 5.74) is 0. The third-order valence-electron chi connectivity index (χ3n) is 10.5. The molecule has 1 aromatic rings. The first kappa shape index (κ1) is 49.9. The van der Waals surface area contributed by atoms with Crippen LogP contribution in [0.2, 0.25) is 0 Å². The number of benzene rings is 1. The maximum Gasteiger partial charge on any atom is 0.330 e. The number of hydrogen-bond donors (Lipinski definition) is 0. The monoisotopic (exact) mass is 854 g/mol. The van der Waals surface area contributed by atoms with E-state index in [2.05, 4.69) is 19.7 Å². The van der Waals surface area contributed by atoms with Gasteiger partial charge in [0.15, 0.2) is 11.5 Å². The molecule has 2 saturated carbocycles. The average Bonchev–Trinajstić information content (AvgIpc) is 3.28. The Morgan fingerprint density at radius 2 is 0.787 bits per heavy atom. The largest absolute Gasteiger partial charge is 0.489 e. The minimum atomic E-state index is -0.566. The van der Waals surface area contributed by atoms with E-state index < -0.39 is 41.7 Å². The van der Waals surface area contributed by atoms with Crippen molar-refractivity contribution in [3.05, 3.63) is 56.2 Å². The molecule has 0 unspecified atom stereocenters. The number of rotatable bonds is 28. The van der Waals surface area contributed by atoms with Crippen molar-refractivity contribution in [3.8, 4) is 17.2 Å². The van der Waals surface area contributed by atoms with Crippen LogP contribution in [0.5, 0.6) is 17.2 Å². The van der Waals surface area contributed by atoms with Crippen molar-refractivity contribution in [1.29, 1.82) is 0 Å². The van der Waals surface area contributed by atoms with Crippen LogP contribution in [0.4, 0.5) is 0 Å². The van der Waals surface area contributed by atoms with Crippen LogP contribution >= 0.6 is 0 Å². The summed E-state index contributed by atoms with van der Waals surface area (Å²) in [6, 6.07) is 4.48. The molecule has 0 radical (unpaired) electrons. The molecule has 336 valence electrons. The zero-order chi connectivity index (χ0) is 44.2. The van der Waals surface area contributed by atoms with E-state index in [0.717, 1.165) is 56.8 Å². The van der Waals surface area contributed by atoms with Gasteiger partial charge < -0.3 is 37.9 Å². The van der Waals surface area contributed by atoms with E-state index in [-0.39, 0.29) is 54.2 Å². The summed E-state index contributed by atoms with van der Waals surface area (Å²) >= 11 is 0. The van der Waals surface area contributed by atoms with Crippen LogP contribution < -0.4 is 14.2 Å². The van der Waals surface area contributed by atoms with Gasteiger partial charge in [-0.1, -0.05) is 19.7 Å². The molecular formula is C46H62O15. The molecule has 0 atom stereocenters. The number of carbonyl (C=O) groups is 7. The van der Waals surface area contributed by atoms with Gasteiger partial charge in [0.05, 0.1) is 63.3 Å². The molecule has 0 spiro atoms. The normalized spacial score (nSPS) is 18.3. The highest BCUT2D eigenvalue weighted by atomic mass is 16.6. The molecule has 0 heterocycles. The van der Waals surface area contributed by atoms with Crippen LogP contribution in [0, 0.1) is 23.7 Å². The fourth-order valence-electron chi connectivity index (χ4n) is 6.90. The molecular weight excluding hydrogens is 792 g/mol. The van der Waals surface area contributed by atoms with Crippen LogP contribution in [-0.2, 0) is 57.2 Å². The van der Waals surface area contributed by atoms with Crippen molar-refractivity contribution < 1.29 is 71.5 Å². The van der Waals surface area contributed by atoms with Gasteiger partial charge in [0.1, 0.15) is 5.75 Å². The average molecular weight is 855 g/mol. The first-order valence-corrected chi connectivity index (χ1v) is 21.5. The van der Waals surface area contributed by atoms with Crippen molar-refractivity contribution in [2.45, 2.75) is 109 Å². The van der Waals surface area contributed by atoms with E-state index in [1.165, 1.54) is 18.2 Å². The quantitative estimate of drug-likeness (QED) is 0.0268. The topological polar surface area (TPSA) is 193 Å². The first-order valence-electron chi connectivity index (χ1n) is 21.5. The Bertz CT molecular complexity index is 1620. The van der Waals surface area contributed by atoms with Gasteiger partial charge in [-0.25, -0.2) is 14.4 Å². The lowest BCUT2D eigenvalue weighted by Gasteiger charge is -2.26. The van der Waals surface area contributed by atoms with E-state index in [4.69, 9.17) is 37.9 Å². The van der Waals surface area contributed by atoms with E-state index in [1.807, 2.05) is 0 Å². The molecule has 15 nitrogen and oxygen atoms in total. The Hall–Kier alpha value is -5.47. The van der Waals surface area contributed by atoms with Gasteiger partial charge >= 0.3 is 41.8 Å². The van der Waals surface area contributed by atoms with Gasteiger partial charge in [0.25, 0.3) is 0 Å². The molecule has 2 aliphatic carbocycles. The third-order valence-corrected chi connectivity index (χ3v) is 10.5. The maximum absolute atomic E-state index is 13.3. The van der Waals surface area contributed by atoms with Crippen LogP contribution in [0.25, 0.3) is 0 Å². The molecule has 0 bridgehead atoms. The highest BCUT2D eigenvalue weighted by Gasteiger charge is 2.34. The number of esters is 7. The summed E-state index contributed by atoms with van der Waals surface area (Å²) in [6.45, 7) is 11.5. The number of unbranched alkanes of at least 4 members (excludes halogenated alkanes) is 6. The summed E-state index contributed by atoms with van der Waals surface area (Å²) in [5.74, 6) is -3.90. The van der Waals surface area contributed by atoms with Crippen LogP contribution in [0.1, 0.15) is 109 Å². The highest BCUT2D eigenvalue weighted by Crippen LogP contribution is 2.37. The second kappa shape index (κ2) is 28.9. The minimum absolute atomic E-state index is 0.0716. The molecule has 1 aromatic carbocycles. The fraction of sp³-hybridized carbons (Fsp3) is 0.587. The van der Waals surface area contributed by atoms with Crippen molar-refractivity contribution in [1.82, 2.24) is 0 Å². The number of hydrogen-bond acceptors (Lipinski definition) is 15. The molecule has 0 aromatic heterocycles. The highest BCUT2D eigenvalue weighted by molar-refractivity contribution is 5.82. The van der Waals surface area contributed by atoms with E-state index >= 15 is 0 Å². The van der Waals surface area contributed by atoms with Crippen LogP contribution in [-0.4, -0.2) is 81.4 Å². The van der Waals surface area contributed by atoms with Crippen molar-refractivity contribution >= 4 is 41.8 Å². The van der Waals surface area contributed by atoms with Crippen molar-refractivity contribution in [2.24, 2.45) is 23.7 Å². The Morgan fingerprint density at radius 1 is 0.426 bits per heavy atom. The van der Waals surface area contributed by atoms with Gasteiger partial charge in [0.2, 0.25) is 0 Å². The van der Waals surface area contributed by atoms with Crippen LogP contribution in [0.3, 0.4) is 0 Å². The lowest BCUT2D eigenvalue weighted by Crippen LogP contribution is -2.30. The van der Waals surface area contributed by atoms with E-state index in [9.17, 15) is 33.6 Å². The zero-order valence-electron chi connectivity index (χ0n) is 35.3. The fourth-order valence-corrected chi connectivity index (χ4v) is 6.90. The van der Waals surface area contributed by atoms with Gasteiger partial charge in [-0.3, -0.25) is 19.2 Å². The van der Waals surface area contributed by atoms with Gasteiger partial charge in [-0.15, -0.1) is 0 Å². The maximum atomic E-state index is 13.3. The lowest BCUT2D eigenvalue weighted by molar-refractivity contribution is -0.152. The molecule has 2 aliphatic rings. The van der Waals surface area contributed by atoms with E-state index in [1.54, 1.807) is 0 Å². The predicted octanol–water partition coefficient (Wildman–Crippen LogP) is 7.27. The lowest BCUT2D eigenvalue weighted by atomic mass is 9.82. The smallest absolute Gasteiger partial charge is 0.330 e. The summed E-state index contributed by atoms with van der Waals surface area (Å²) in [6.07, 6.45) is 13.6. The summed E-state index contributed by atoms with van der Waals surface area (Å²) in [5, 5.41) is 0. The molecule has 0 saturated heterocycles. The Kier molecular flexibility index (Phi) is 23.6. The number of ether oxygens (including phenoxy) is 8. The van der Waals surface area contributed by atoms with E-state index in [0.29, 0.717) is 97.1 Å². The number of carbonyl (C=O) groups excluding carboxylic acids is 7.